The molecule has 1 N–H and O–H groups in total. The molecule has 0 radical (unpaired) electrons. The average molecular weight is 252 g/mol. The van der Waals surface area contributed by atoms with Crippen LogP contribution in [0.2, 0.25) is 0 Å². The van der Waals surface area contributed by atoms with Crippen molar-refractivity contribution in [2.45, 2.75) is 26.3 Å². The number of thiophene rings is 1. The van der Waals surface area contributed by atoms with Crippen molar-refractivity contribution >= 4 is 11.3 Å². The first kappa shape index (κ1) is 13.1. The van der Waals surface area contributed by atoms with Crippen molar-refractivity contribution < 1.29 is 0 Å². The molecule has 0 aromatic carbocycles. The molecule has 1 unspecified atom stereocenters. The van der Waals surface area contributed by atoms with Crippen molar-refractivity contribution in [1.29, 1.82) is 0 Å². The highest BCUT2D eigenvalue weighted by atomic mass is 32.1. The zero-order valence-corrected chi connectivity index (χ0v) is 12.0. The summed E-state index contributed by atoms with van der Waals surface area (Å²) in [5.41, 5.74) is 0. The molecular formula is C14H24N2S. The lowest BCUT2D eigenvalue weighted by Gasteiger charge is -2.28. The van der Waals surface area contributed by atoms with Gasteiger partial charge in [-0.05, 0) is 56.8 Å². The number of likely N-dealkylation sites (N-methyl/N-ethyl adjacent to an activating group) is 1. The van der Waals surface area contributed by atoms with Crippen LogP contribution in [-0.4, -0.2) is 37.6 Å². The highest BCUT2D eigenvalue weighted by Gasteiger charge is 2.25. The lowest BCUT2D eigenvalue weighted by atomic mass is 9.97. The van der Waals surface area contributed by atoms with Gasteiger partial charge in [-0.3, -0.25) is 0 Å². The van der Waals surface area contributed by atoms with Gasteiger partial charge in [0.15, 0.2) is 0 Å². The molecule has 0 aliphatic carbocycles. The topological polar surface area (TPSA) is 15.3 Å². The van der Waals surface area contributed by atoms with Gasteiger partial charge in [0.1, 0.15) is 0 Å². The van der Waals surface area contributed by atoms with Gasteiger partial charge in [-0.15, -0.1) is 11.3 Å². The van der Waals surface area contributed by atoms with Gasteiger partial charge >= 0.3 is 0 Å². The molecule has 3 atom stereocenters. The normalized spacial score (nSPS) is 26.6. The highest BCUT2D eigenvalue weighted by Crippen LogP contribution is 2.19. The van der Waals surface area contributed by atoms with Gasteiger partial charge in [-0.25, -0.2) is 0 Å². The molecule has 0 bridgehead atoms. The molecule has 1 fully saturated rings. The van der Waals surface area contributed by atoms with Crippen molar-refractivity contribution in [3.8, 4) is 0 Å². The van der Waals surface area contributed by atoms with Crippen LogP contribution in [0.1, 0.15) is 18.7 Å². The van der Waals surface area contributed by atoms with Crippen LogP contribution in [0.4, 0.5) is 0 Å². The van der Waals surface area contributed by atoms with Crippen LogP contribution in [0.25, 0.3) is 0 Å². The zero-order valence-electron chi connectivity index (χ0n) is 11.1. The first-order valence-electron chi connectivity index (χ1n) is 6.60. The van der Waals surface area contributed by atoms with Crippen molar-refractivity contribution in [2.24, 2.45) is 11.8 Å². The maximum atomic E-state index is 3.49. The van der Waals surface area contributed by atoms with E-state index in [9.17, 15) is 0 Å². The summed E-state index contributed by atoms with van der Waals surface area (Å²) in [4.78, 5) is 4.02. The second kappa shape index (κ2) is 5.98. The standard InChI is InChI=1S/C14H24N2S/c1-11-8-15-9-13(11)10-16(3)12(2)7-14-5-4-6-17-14/h4-6,11-13,15H,7-10H2,1-3H3/t11-,12?,13+/m1/s1. The summed E-state index contributed by atoms with van der Waals surface area (Å²) in [5, 5.41) is 5.66. The van der Waals surface area contributed by atoms with E-state index in [0.717, 1.165) is 11.8 Å². The summed E-state index contributed by atoms with van der Waals surface area (Å²) in [7, 11) is 2.27. The van der Waals surface area contributed by atoms with Crippen LogP contribution in [0.3, 0.4) is 0 Å². The Morgan fingerprint density at radius 1 is 1.53 bits per heavy atom. The summed E-state index contributed by atoms with van der Waals surface area (Å²) in [5.74, 6) is 1.65. The van der Waals surface area contributed by atoms with E-state index in [4.69, 9.17) is 0 Å². The first-order chi connectivity index (χ1) is 8.16. The highest BCUT2D eigenvalue weighted by molar-refractivity contribution is 7.09. The van der Waals surface area contributed by atoms with Crippen molar-refractivity contribution in [2.75, 3.05) is 26.7 Å². The Morgan fingerprint density at radius 3 is 2.94 bits per heavy atom. The molecule has 1 aromatic rings. The van der Waals surface area contributed by atoms with Crippen LogP contribution in [0.5, 0.6) is 0 Å². The third-order valence-corrected chi connectivity index (χ3v) is 4.93. The molecule has 1 aliphatic rings. The molecule has 1 aliphatic heterocycles. The Balaban J connectivity index is 1.80. The SMILES string of the molecule is CC(Cc1cccs1)N(C)C[C@@H]1CNC[C@H]1C. The molecule has 0 saturated carbocycles. The van der Waals surface area contributed by atoms with Gasteiger partial charge in [0.25, 0.3) is 0 Å². The van der Waals surface area contributed by atoms with E-state index in [1.165, 1.54) is 30.9 Å². The summed E-state index contributed by atoms with van der Waals surface area (Å²) >= 11 is 1.87. The summed E-state index contributed by atoms with van der Waals surface area (Å²) in [6.45, 7) is 8.31. The number of nitrogens with one attached hydrogen (secondary N) is 1. The molecular weight excluding hydrogens is 228 g/mol. The number of hydrogen-bond donors (Lipinski definition) is 1. The Morgan fingerprint density at radius 2 is 2.35 bits per heavy atom. The minimum Gasteiger partial charge on any atom is -0.316 e. The number of rotatable bonds is 5. The molecule has 2 rings (SSSR count). The zero-order chi connectivity index (χ0) is 12.3. The molecule has 0 spiro atoms. The Bertz CT molecular complexity index is 323. The monoisotopic (exact) mass is 252 g/mol. The lowest BCUT2D eigenvalue weighted by Crippen LogP contribution is -2.36. The Kier molecular flexibility index (Phi) is 4.60. The smallest absolute Gasteiger partial charge is 0.0112 e. The van der Waals surface area contributed by atoms with Gasteiger partial charge in [0, 0.05) is 17.5 Å². The summed E-state index contributed by atoms with van der Waals surface area (Å²) in [6, 6.07) is 5.03. The maximum Gasteiger partial charge on any atom is 0.0112 e. The number of nitrogens with zero attached hydrogens (tertiary/aromatic N) is 1. The first-order valence-corrected chi connectivity index (χ1v) is 7.48. The van der Waals surface area contributed by atoms with E-state index >= 15 is 0 Å². The third-order valence-electron chi connectivity index (χ3n) is 4.03. The Labute approximate surface area is 109 Å². The van der Waals surface area contributed by atoms with Crippen LogP contribution in [-0.2, 0) is 6.42 Å². The molecule has 3 heteroatoms. The van der Waals surface area contributed by atoms with Gasteiger partial charge in [0.05, 0.1) is 0 Å². The molecule has 1 aromatic heterocycles. The van der Waals surface area contributed by atoms with Crippen LogP contribution in [0, 0.1) is 11.8 Å². The van der Waals surface area contributed by atoms with Gasteiger partial charge in [0.2, 0.25) is 0 Å². The molecule has 17 heavy (non-hydrogen) atoms. The second-order valence-corrected chi connectivity index (χ2v) is 6.50. The predicted molar refractivity (Wildman–Crippen MR) is 75.6 cm³/mol. The molecule has 0 amide bonds. The van der Waals surface area contributed by atoms with Crippen molar-refractivity contribution in [1.82, 2.24) is 10.2 Å². The lowest BCUT2D eigenvalue weighted by molar-refractivity contribution is 0.206. The largest absolute Gasteiger partial charge is 0.316 e. The van der Waals surface area contributed by atoms with E-state index in [1.54, 1.807) is 0 Å². The van der Waals surface area contributed by atoms with Gasteiger partial charge in [-0.1, -0.05) is 13.0 Å². The fourth-order valence-corrected chi connectivity index (χ4v) is 3.36. The van der Waals surface area contributed by atoms with Gasteiger partial charge in [-0.2, -0.15) is 0 Å². The van der Waals surface area contributed by atoms with E-state index in [1.807, 2.05) is 11.3 Å². The van der Waals surface area contributed by atoms with Crippen LogP contribution < -0.4 is 5.32 Å². The summed E-state index contributed by atoms with van der Waals surface area (Å²) < 4.78 is 0. The van der Waals surface area contributed by atoms with Crippen LogP contribution in [0.15, 0.2) is 17.5 Å². The fourth-order valence-electron chi connectivity index (χ4n) is 2.53. The maximum absolute atomic E-state index is 3.49. The van der Waals surface area contributed by atoms with E-state index in [0.29, 0.717) is 6.04 Å². The Hall–Kier alpha value is -0.380. The van der Waals surface area contributed by atoms with Crippen molar-refractivity contribution in [3.63, 3.8) is 0 Å². The van der Waals surface area contributed by atoms with Crippen molar-refractivity contribution in [3.05, 3.63) is 22.4 Å². The minimum absolute atomic E-state index is 0.640. The molecule has 2 heterocycles. The molecule has 1 saturated heterocycles. The molecule has 2 nitrogen and oxygen atoms in total. The molecule has 96 valence electrons. The summed E-state index contributed by atoms with van der Waals surface area (Å²) in [6.07, 6.45) is 1.18. The quantitative estimate of drug-likeness (QED) is 0.866. The fraction of sp³-hybridized carbons (Fsp3) is 0.714. The van der Waals surface area contributed by atoms with E-state index in [-0.39, 0.29) is 0 Å². The van der Waals surface area contributed by atoms with E-state index < -0.39 is 0 Å². The predicted octanol–water partition coefficient (Wildman–Crippen LogP) is 2.47. The van der Waals surface area contributed by atoms with E-state index in [2.05, 4.69) is 48.6 Å². The minimum atomic E-state index is 0.640. The second-order valence-electron chi connectivity index (χ2n) is 5.47. The number of hydrogen-bond acceptors (Lipinski definition) is 3. The van der Waals surface area contributed by atoms with Gasteiger partial charge < -0.3 is 10.2 Å². The third kappa shape index (κ3) is 3.54. The average Bonchev–Trinajstić information content (AvgIpc) is 2.91. The van der Waals surface area contributed by atoms with Crippen LogP contribution >= 0.6 is 11.3 Å².